The zero-order chi connectivity index (χ0) is 20.3. The predicted octanol–water partition coefficient (Wildman–Crippen LogP) is 3.12. The Kier molecular flexibility index (Phi) is 6.38. The Labute approximate surface area is 167 Å². The second kappa shape index (κ2) is 8.60. The molecule has 1 saturated heterocycles. The van der Waals surface area contributed by atoms with Gasteiger partial charge in [0.2, 0.25) is 11.8 Å². The number of carbonyl (C=O) groups excluding carboxylic acids is 2. The number of hydrogen-bond acceptors (Lipinski definition) is 3. The predicted molar refractivity (Wildman–Crippen MR) is 107 cm³/mol. The maximum Gasteiger partial charge on any atom is 0.234 e. The van der Waals surface area contributed by atoms with Gasteiger partial charge in [0.15, 0.2) is 0 Å². The van der Waals surface area contributed by atoms with Gasteiger partial charge in [-0.2, -0.15) is 0 Å². The van der Waals surface area contributed by atoms with Gasteiger partial charge in [-0.1, -0.05) is 25.0 Å². The molecule has 0 bridgehead atoms. The number of nitrogens with one attached hydrogen (secondary N) is 1. The lowest BCUT2D eigenvalue weighted by Crippen LogP contribution is -2.61. The van der Waals surface area contributed by atoms with Gasteiger partial charge in [-0.05, 0) is 50.3 Å². The van der Waals surface area contributed by atoms with E-state index >= 15 is 0 Å². The van der Waals surface area contributed by atoms with Crippen molar-refractivity contribution in [2.24, 2.45) is 5.92 Å². The molecule has 2 amide bonds. The summed E-state index contributed by atoms with van der Waals surface area (Å²) in [6.45, 7) is 8.00. The summed E-state index contributed by atoms with van der Waals surface area (Å²) in [5.74, 6) is 0.211. The minimum atomic E-state index is -0.259. The van der Waals surface area contributed by atoms with Gasteiger partial charge in [0, 0.05) is 32.1 Å². The maximum absolute atomic E-state index is 13.4. The van der Waals surface area contributed by atoms with Gasteiger partial charge in [0.1, 0.15) is 5.82 Å². The summed E-state index contributed by atoms with van der Waals surface area (Å²) >= 11 is 0. The summed E-state index contributed by atoms with van der Waals surface area (Å²) in [4.78, 5) is 28.6. The van der Waals surface area contributed by atoms with Crippen LogP contribution in [0.3, 0.4) is 0 Å². The highest BCUT2D eigenvalue weighted by atomic mass is 19.1. The lowest BCUT2D eigenvalue weighted by Gasteiger charge is -2.46. The summed E-state index contributed by atoms with van der Waals surface area (Å²) in [5.41, 5.74) is 0.724. The third-order valence-electron chi connectivity index (χ3n) is 6.27. The number of rotatable bonds is 5. The van der Waals surface area contributed by atoms with Crippen LogP contribution < -0.4 is 5.32 Å². The number of carbonyl (C=O) groups is 2. The highest BCUT2D eigenvalue weighted by molar-refractivity contribution is 5.79. The van der Waals surface area contributed by atoms with Gasteiger partial charge < -0.3 is 10.2 Å². The molecule has 2 aliphatic rings. The van der Waals surface area contributed by atoms with E-state index in [-0.39, 0.29) is 29.2 Å². The van der Waals surface area contributed by atoms with Crippen molar-refractivity contribution >= 4 is 11.8 Å². The lowest BCUT2D eigenvalue weighted by molar-refractivity contribution is -0.135. The van der Waals surface area contributed by atoms with Crippen LogP contribution in [-0.4, -0.2) is 53.3 Å². The van der Waals surface area contributed by atoms with Crippen LogP contribution in [-0.2, 0) is 9.59 Å². The molecule has 6 heteroatoms. The molecule has 28 heavy (non-hydrogen) atoms. The molecule has 1 N–H and O–H groups in total. The van der Waals surface area contributed by atoms with Crippen molar-refractivity contribution in [2.45, 2.75) is 58.0 Å². The fraction of sp³-hybridized carbons (Fsp3) is 0.636. The Hall–Kier alpha value is -1.95. The van der Waals surface area contributed by atoms with Crippen molar-refractivity contribution in [3.05, 3.63) is 35.6 Å². The molecule has 5 nitrogen and oxygen atoms in total. The Balaban J connectivity index is 1.67. The van der Waals surface area contributed by atoms with Crippen LogP contribution in [0.4, 0.5) is 4.39 Å². The minimum absolute atomic E-state index is 0.00873. The van der Waals surface area contributed by atoms with E-state index < -0.39 is 0 Å². The molecule has 2 fully saturated rings. The topological polar surface area (TPSA) is 52.7 Å². The van der Waals surface area contributed by atoms with Crippen molar-refractivity contribution in [3.63, 3.8) is 0 Å². The maximum atomic E-state index is 13.4. The van der Waals surface area contributed by atoms with Crippen LogP contribution in [0, 0.1) is 11.7 Å². The van der Waals surface area contributed by atoms with E-state index in [2.05, 4.69) is 24.1 Å². The largest absolute Gasteiger partial charge is 0.348 e. The van der Waals surface area contributed by atoms with E-state index in [0.717, 1.165) is 18.4 Å². The van der Waals surface area contributed by atoms with Crippen LogP contribution in [0.1, 0.15) is 58.1 Å². The number of hydrogen-bond donors (Lipinski definition) is 1. The molecule has 154 valence electrons. The Morgan fingerprint density at radius 1 is 1.18 bits per heavy atom. The highest BCUT2D eigenvalue weighted by Gasteiger charge is 2.36. The van der Waals surface area contributed by atoms with E-state index in [1.807, 2.05) is 4.90 Å². The Morgan fingerprint density at radius 2 is 1.82 bits per heavy atom. The van der Waals surface area contributed by atoms with E-state index in [1.54, 1.807) is 19.1 Å². The first kappa shape index (κ1) is 20.8. The number of piperazine rings is 1. The van der Waals surface area contributed by atoms with Crippen molar-refractivity contribution in [1.29, 1.82) is 0 Å². The molecule has 1 saturated carbocycles. The van der Waals surface area contributed by atoms with Gasteiger partial charge in [-0.25, -0.2) is 4.39 Å². The third kappa shape index (κ3) is 4.90. The van der Waals surface area contributed by atoms with E-state index in [0.29, 0.717) is 32.1 Å². The normalized spacial score (nSPS) is 21.5. The van der Waals surface area contributed by atoms with Crippen molar-refractivity contribution in [3.8, 4) is 0 Å². The van der Waals surface area contributed by atoms with Crippen LogP contribution >= 0.6 is 0 Å². The minimum Gasteiger partial charge on any atom is -0.348 e. The average molecular weight is 390 g/mol. The van der Waals surface area contributed by atoms with E-state index in [4.69, 9.17) is 0 Å². The van der Waals surface area contributed by atoms with E-state index in [9.17, 15) is 14.0 Å². The molecule has 1 aromatic rings. The van der Waals surface area contributed by atoms with Gasteiger partial charge in [-0.15, -0.1) is 0 Å². The molecule has 1 aliphatic carbocycles. The van der Waals surface area contributed by atoms with Crippen LogP contribution in [0.2, 0.25) is 0 Å². The second-order valence-electron chi connectivity index (χ2n) is 8.82. The average Bonchev–Trinajstić information content (AvgIpc) is 3.16. The number of benzene rings is 1. The van der Waals surface area contributed by atoms with E-state index in [1.165, 1.54) is 25.0 Å². The molecular formula is C22H32FN3O2. The fourth-order valence-corrected chi connectivity index (χ4v) is 4.58. The Bertz CT molecular complexity index is 698. The van der Waals surface area contributed by atoms with Gasteiger partial charge >= 0.3 is 0 Å². The molecule has 0 radical (unpaired) electrons. The second-order valence-corrected chi connectivity index (χ2v) is 8.82. The first-order valence-electron chi connectivity index (χ1n) is 10.3. The zero-order valence-corrected chi connectivity index (χ0v) is 17.2. The van der Waals surface area contributed by atoms with Crippen LogP contribution in [0.25, 0.3) is 0 Å². The molecule has 1 unspecified atom stereocenters. The lowest BCUT2D eigenvalue weighted by atomic mass is 9.91. The summed E-state index contributed by atoms with van der Waals surface area (Å²) < 4.78 is 13.4. The van der Waals surface area contributed by atoms with Gasteiger partial charge in [0.05, 0.1) is 12.6 Å². The molecule has 1 aromatic carbocycles. The number of amides is 2. The molecule has 1 aliphatic heterocycles. The number of nitrogens with zero attached hydrogens (tertiary/aromatic N) is 2. The SMILES string of the molecule is CC(=O)N1CCN(CC(=O)NC(c2ccc(F)cc2)C2CCCC2)C(C)(C)C1. The van der Waals surface area contributed by atoms with Gasteiger partial charge in [0.25, 0.3) is 0 Å². The summed E-state index contributed by atoms with van der Waals surface area (Å²) in [6.07, 6.45) is 4.53. The third-order valence-corrected chi connectivity index (χ3v) is 6.27. The monoisotopic (exact) mass is 389 g/mol. The zero-order valence-electron chi connectivity index (χ0n) is 17.2. The molecule has 1 heterocycles. The van der Waals surface area contributed by atoms with Crippen molar-refractivity contribution in [1.82, 2.24) is 15.1 Å². The number of halogens is 1. The van der Waals surface area contributed by atoms with Gasteiger partial charge in [-0.3, -0.25) is 14.5 Å². The van der Waals surface area contributed by atoms with Crippen LogP contribution in [0.5, 0.6) is 0 Å². The Morgan fingerprint density at radius 3 is 2.39 bits per heavy atom. The molecule has 0 spiro atoms. The molecule has 3 rings (SSSR count). The van der Waals surface area contributed by atoms with Crippen molar-refractivity contribution < 1.29 is 14.0 Å². The smallest absolute Gasteiger partial charge is 0.234 e. The summed E-state index contributed by atoms with van der Waals surface area (Å²) in [7, 11) is 0. The standard InChI is InChI=1S/C22H32FN3O2/c1-16(27)25-12-13-26(22(2,3)15-25)14-20(28)24-21(17-6-4-5-7-17)18-8-10-19(23)11-9-18/h8-11,17,21H,4-7,12-15H2,1-3H3,(H,24,28). The quantitative estimate of drug-likeness (QED) is 0.842. The molecule has 0 aromatic heterocycles. The van der Waals surface area contributed by atoms with Crippen LogP contribution in [0.15, 0.2) is 24.3 Å². The van der Waals surface area contributed by atoms with Crippen molar-refractivity contribution in [2.75, 3.05) is 26.2 Å². The summed E-state index contributed by atoms with van der Waals surface area (Å²) in [5, 5.41) is 3.23. The summed E-state index contributed by atoms with van der Waals surface area (Å²) in [6, 6.07) is 6.43. The fourth-order valence-electron chi connectivity index (χ4n) is 4.58. The first-order chi connectivity index (χ1) is 13.3. The first-order valence-corrected chi connectivity index (χ1v) is 10.3. The molecule has 1 atom stereocenters. The highest BCUT2D eigenvalue weighted by Crippen LogP contribution is 2.36. The molecular weight excluding hydrogens is 357 g/mol.